The van der Waals surface area contributed by atoms with Crippen LogP contribution < -0.4 is 20.1 Å². The zero-order chi connectivity index (χ0) is 30.8. The summed E-state index contributed by atoms with van der Waals surface area (Å²) in [5.41, 5.74) is 1.05. The molecule has 2 aliphatic carbocycles. The zero-order valence-corrected chi connectivity index (χ0v) is 25.1. The van der Waals surface area contributed by atoms with Crippen LogP contribution in [0, 0.1) is 0 Å². The highest BCUT2D eigenvalue weighted by Gasteiger charge is 2.28. The molecule has 2 saturated carbocycles. The van der Waals surface area contributed by atoms with E-state index in [9.17, 15) is 9.59 Å². The summed E-state index contributed by atoms with van der Waals surface area (Å²) in [6, 6.07) is 12.9. The maximum atomic E-state index is 12.9. The maximum Gasteiger partial charge on any atom is 0.256 e. The number of likely N-dealkylation sites (N-methyl/N-ethyl adjacent to an activating group) is 1. The predicted octanol–water partition coefficient (Wildman–Crippen LogP) is 4.60. The van der Waals surface area contributed by atoms with E-state index < -0.39 is 0 Å². The van der Waals surface area contributed by atoms with Crippen molar-refractivity contribution in [1.29, 1.82) is 0 Å². The average Bonchev–Trinajstić information content (AvgIpc) is 3.97. The van der Waals surface area contributed by atoms with Crippen molar-refractivity contribution in [2.45, 2.75) is 50.3 Å². The molecule has 4 heterocycles. The molecule has 1 atom stereocenters. The number of aromatic amines is 1. The summed E-state index contributed by atoms with van der Waals surface area (Å²) >= 11 is 0. The first-order chi connectivity index (χ1) is 22.0. The van der Waals surface area contributed by atoms with Crippen molar-refractivity contribution in [3.05, 3.63) is 72.6 Å². The van der Waals surface area contributed by atoms with Crippen molar-refractivity contribution in [3.63, 3.8) is 0 Å². The first-order valence-corrected chi connectivity index (χ1v) is 15.5. The summed E-state index contributed by atoms with van der Waals surface area (Å²) in [6.45, 7) is 2.06. The van der Waals surface area contributed by atoms with Crippen molar-refractivity contribution < 1.29 is 19.1 Å². The van der Waals surface area contributed by atoms with Crippen LogP contribution in [0.4, 0.5) is 11.6 Å². The molecule has 0 radical (unpaired) electrons. The number of nitrogens with one attached hydrogen (secondary N) is 3. The van der Waals surface area contributed by atoms with Crippen LogP contribution in [0.5, 0.6) is 17.2 Å². The lowest BCUT2D eigenvalue weighted by Crippen LogP contribution is -2.30. The van der Waals surface area contributed by atoms with Crippen LogP contribution in [0.15, 0.2) is 67.0 Å². The molecule has 12 heteroatoms. The van der Waals surface area contributed by atoms with E-state index >= 15 is 0 Å². The minimum absolute atomic E-state index is 0.0329. The number of fused-ring (bicyclic) bond motifs is 1. The smallest absolute Gasteiger partial charge is 0.256 e. The number of hydrogen-bond acceptors (Lipinski definition) is 9. The van der Waals surface area contributed by atoms with Gasteiger partial charge in [0.25, 0.3) is 5.91 Å². The van der Waals surface area contributed by atoms with Gasteiger partial charge in [0.2, 0.25) is 5.91 Å². The number of carbonyl (C=O) groups excluding carboxylic acids is 2. The lowest BCUT2D eigenvalue weighted by Gasteiger charge is -2.16. The summed E-state index contributed by atoms with van der Waals surface area (Å²) in [6.07, 6.45) is 12.6. The molecular formula is C33H36N8O4. The van der Waals surface area contributed by atoms with Gasteiger partial charge in [-0.05, 0) is 69.5 Å². The van der Waals surface area contributed by atoms with Crippen LogP contribution in [0.1, 0.15) is 42.5 Å². The maximum absolute atomic E-state index is 12.9. The number of hydrogen-bond donors (Lipinski definition) is 3. The van der Waals surface area contributed by atoms with Gasteiger partial charge in [0.15, 0.2) is 11.5 Å². The van der Waals surface area contributed by atoms with Gasteiger partial charge in [0.05, 0.1) is 6.10 Å². The van der Waals surface area contributed by atoms with Crippen LogP contribution in [-0.4, -0.2) is 86.6 Å². The van der Waals surface area contributed by atoms with Crippen molar-refractivity contribution >= 4 is 34.5 Å². The number of nitrogens with zero attached hydrogens (tertiary/aromatic N) is 5. The fourth-order valence-corrected chi connectivity index (χ4v) is 5.39. The second-order valence-corrected chi connectivity index (χ2v) is 11.9. The highest BCUT2D eigenvalue weighted by Crippen LogP contribution is 2.34. The zero-order valence-electron chi connectivity index (χ0n) is 25.1. The van der Waals surface area contributed by atoms with Crippen molar-refractivity contribution in [1.82, 2.24) is 30.0 Å². The monoisotopic (exact) mass is 608 g/mol. The lowest BCUT2D eigenvalue weighted by atomic mass is 10.2. The number of benzene rings is 1. The molecule has 0 spiro atoms. The van der Waals surface area contributed by atoms with Gasteiger partial charge in [0, 0.05) is 67.9 Å². The molecule has 7 rings (SSSR count). The Kier molecular flexibility index (Phi) is 8.04. The third kappa shape index (κ3) is 7.07. The number of amides is 2. The number of anilines is 2. The average molecular weight is 609 g/mol. The van der Waals surface area contributed by atoms with Crippen LogP contribution in [0.3, 0.4) is 0 Å². The highest BCUT2D eigenvalue weighted by molar-refractivity contribution is 6.04. The second kappa shape index (κ2) is 12.6. The Bertz CT molecular complexity index is 1710. The number of carbonyl (C=O) groups is 2. The van der Waals surface area contributed by atoms with E-state index in [1.54, 1.807) is 60.9 Å². The Morgan fingerprint density at radius 2 is 1.87 bits per heavy atom. The van der Waals surface area contributed by atoms with Crippen LogP contribution in [0.25, 0.3) is 11.0 Å². The Morgan fingerprint density at radius 1 is 1.04 bits per heavy atom. The summed E-state index contributed by atoms with van der Waals surface area (Å²) in [4.78, 5) is 38.4. The fourth-order valence-electron chi connectivity index (χ4n) is 5.39. The van der Waals surface area contributed by atoms with E-state index in [0.717, 1.165) is 25.8 Å². The minimum Gasteiger partial charge on any atom is -0.490 e. The molecular weight excluding hydrogens is 572 g/mol. The SMILES string of the molecule is CN(CC=CC(=O)N1CC[C@@H](Nc2n[nH]c3nccc(Oc4ccc(C(=O)Nc5cc(OC6CC6)ccn5)cc4)c23)C1)C1CC1. The van der Waals surface area contributed by atoms with Gasteiger partial charge in [-0.1, -0.05) is 6.08 Å². The molecule has 0 bridgehead atoms. The Hall–Kier alpha value is -4.97. The number of likely N-dealkylation sites (tertiary alicyclic amines) is 1. The molecule has 1 aliphatic heterocycles. The molecule has 3 fully saturated rings. The number of pyridine rings is 2. The van der Waals surface area contributed by atoms with Gasteiger partial charge in [-0.2, -0.15) is 5.10 Å². The van der Waals surface area contributed by atoms with Gasteiger partial charge in [-0.3, -0.25) is 19.6 Å². The lowest BCUT2D eigenvalue weighted by molar-refractivity contribution is -0.125. The van der Waals surface area contributed by atoms with Crippen LogP contribution in [-0.2, 0) is 4.79 Å². The van der Waals surface area contributed by atoms with Gasteiger partial charge >= 0.3 is 0 Å². The summed E-state index contributed by atoms with van der Waals surface area (Å²) < 4.78 is 12.0. The second-order valence-electron chi connectivity index (χ2n) is 11.9. The van der Waals surface area contributed by atoms with E-state index in [4.69, 9.17) is 9.47 Å². The number of ether oxygens (including phenoxy) is 2. The van der Waals surface area contributed by atoms with Gasteiger partial charge < -0.3 is 25.0 Å². The number of H-pyrrole nitrogens is 1. The number of rotatable bonds is 12. The molecule has 3 aliphatic rings. The largest absolute Gasteiger partial charge is 0.490 e. The molecule has 4 aromatic rings. The molecule has 1 aromatic carbocycles. The molecule has 2 amide bonds. The van der Waals surface area contributed by atoms with E-state index in [2.05, 4.69) is 42.7 Å². The van der Waals surface area contributed by atoms with Crippen LogP contribution in [0.2, 0.25) is 0 Å². The van der Waals surface area contributed by atoms with E-state index in [-0.39, 0.29) is 24.0 Å². The van der Waals surface area contributed by atoms with Crippen molar-refractivity contribution in [3.8, 4) is 17.2 Å². The first kappa shape index (κ1) is 28.8. The molecule has 1 saturated heterocycles. The quantitative estimate of drug-likeness (QED) is 0.197. The molecule has 12 nitrogen and oxygen atoms in total. The van der Waals surface area contributed by atoms with Gasteiger partial charge in [-0.15, -0.1) is 0 Å². The van der Waals surface area contributed by atoms with Crippen molar-refractivity contribution in [2.75, 3.05) is 37.3 Å². The Balaban J connectivity index is 0.968. The summed E-state index contributed by atoms with van der Waals surface area (Å²) in [5, 5.41) is 14.4. The standard InChI is InChI=1S/C33H36N8O4/c1-40(23-6-7-23)17-2-3-29(42)41-18-14-22(20-41)36-32-30-27(13-16-35-31(30)38-39-32)45-25-8-4-21(5-9-25)33(43)37-28-19-26(12-15-34-28)44-24-10-11-24/h2-5,8-9,12-13,15-16,19,22-24H,6-7,10-11,14,17-18,20H2,1H3,(H,34,37,43)(H2,35,36,38,39)/t22-/m1/s1. The minimum atomic E-state index is -0.282. The highest BCUT2D eigenvalue weighted by atomic mass is 16.5. The van der Waals surface area contributed by atoms with Crippen LogP contribution >= 0.6 is 0 Å². The molecule has 3 aromatic heterocycles. The van der Waals surface area contributed by atoms with Gasteiger partial charge in [0.1, 0.15) is 28.5 Å². The molecule has 45 heavy (non-hydrogen) atoms. The molecule has 232 valence electrons. The third-order valence-corrected chi connectivity index (χ3v) is 8.23. The van der Waals surface area contributed by atoms with E-state index in [1.165, 1.54) is 12.8 Å². The normalized spacial score (nSPS) is 18.1. The van der Waals surface area contributed by atoms with E-state index in [0.29, 0.717) is 64.6 Å². The Morgan fingerprint density at radius 3 is 2.67 bits per heavy atom. The first-order valence-electron chi connectivity index (χ1n) is 15.5. The van der Waals surface area contributed by atoms with Gasteiger partial charge in [-0.25, -0.2) is 9.97 Å². The fraction of sp³-hybridized carbons (Fsp3) is 0.364. The van der Waals surface area contributed by atoms with E-state index in [1.807, 2.05) is 11.0 Å². The molecule has 3 N–H and O–H groups in total. The summed E-state index contributed by atoms with van der Waals surface area (Å²) in [5.74, 6) is 2.62. The molecule has 0 unspecified atom stereocenters. The summed E-state index contributed by atoms with van der Waals surface area (Å²) in [7, 11) is 2.10. The Labute approximate surface area is 260 Å². The topological polar surface area (TPSA) is 138 Å². The predicted molar refractivity (Wildman–Crippen MR) is 170 cm³/mol. The van der Waals surface area contributed by atoms with Crippen molar-refractivity contribution in [2.24, 2.45) is 0 Å². The third-order valence-electron chi connectivity index (χ3n) is 8.23. The number of aromatic nitrogens is 4.